The van der Waals surface area contributed by atoms with Gasteiger partial charge < -0.3 is 14.7 Å². The number of hydrogen-bond acceptors (Lipinski definition) is 4. The summed E-state index contributed by atoms with van der Waals surface area (Å²) in [7, 11) is 0. The molecule has 8 heteroatoms. The quantitative estimate of drug-likeness (QED) is 0.683. The monoisotopic (exact) mass is 394 g/mol. The van der Waals surface area contributed by atoms with Crippen molar-refractivity contribution < 1.29 is 23.0 Å². The summed E-state index contributed by atoms with van der Waals surface area (Å²) in [6, 6.07) is 4.02. The zero-order chi connectivity index (χ0) is 19.2. The number of benzene rings is 1. The number of β-amino-alcohol motifs (C(OH)–C–C–N with tert-alkyl or cyclic N) is 1. The first-order chi connectivity index (χ1) is 12.3. The van der Waals surface area contributed by atoms with E-state index in [4.69, 9.17) is 16.3 Å². The molecule has 0 bridgehead atoms. The van der Waals surface area contributed by atoms with Gasteiger partial charge in [-0.3, -0.25) is 4.90 Å². The van der Waals surface area contributed by atoms with Gasteiger partial charge in [0.1, 0.15) is 0 Å². The molecule has 148 valence electrons. The third kappa shape index (κ3) is 6.30. The number of alkyl halides is 3. The maximum atomic E-state index is 13.0. The van der Waals surface area contributed by atoms with Crippen molar-refractivity contribution in [2.24, 2.45) is 0 Å². The number of unbranched alkanes of at least 4 members (excludes halogenated alkanes) is 1. The van der Waals surface area contributed by atoms with Gasteiger partial charge in [-0.1, -0.05) is 24.9 Å². The lowest BCUT2D eigenvalue weighted by Gasteiger charge is -2.37. The van der Waals surface area contributed by atoms with Crippen molar-refractivity contribution in [2.75, 3.05) is 50.8 Å². The van der Waals surface area contributed by atoms with E-state index in [1.54, 1.807) is 6.07 Å². The Hall–Kier alpha value is -1.02. The van der Waals surface area contributed by atoms with Crippen molar-refractivity contribution >= 4 is 17.3 Å². The van der Waals surface area contributed by atoms with Crippen LogP contribution in [-0.2, 0) is 10.9 Å². The van der Waals surface area contributed by atoms with Crippen LogP contribution in [0.4, 0.5) is 18.9 Å². The van der Waals surface area contributed by atoms with Crippen LogP contribution >= 0.6 is 11.6 Å². The van der Waals surface area contributed by atoms with Crippen LogP contribution in [0.25, 0.3) is 0 Å². The van der Waals surface area contributed by atoms with E-state index in [-0.39, 0.29) is 5.02 Å². The van der Waals surface area contributed by atoms with Gasteiger partial charge in [-0.2, -0.15) is 13.2 Å². The molecular formula is C18H26ClF3N2O2. The highest BCUT2D eigenvalue weighted by Gasteiger charge is 2.34. The molecule has 1 N–H and O–H groups in total. The molecule has 1 aromatic carbocycles. The fourth-order valence-corrected chi connectivity index (χ4v) is 3.16. The second-order valence-electron chi connectivity index (χ2n) is 6.53. The summed E-state index contributed by atoms with van der Waals surface area (Å²) in [4.78, 5) is 4.01. The van der Waals surface area contributed by atoms with Gasteiger partial charge in [-0.25, -0.2) is 0 Å². The molecule has 0 aromatic heterocycles. The Morgan fingerprint density at radius 2 is 1.92 bits per heavy atom. The first-order valence-electron chi connectivity index (χ1n) is 8.91. The SMILES string of the molecule is CCCCOCC(O)CN1CCN(c2ccc(Cl)c(C(F)(F)F)c2)CC1. The third-order valence-corrected chi connectivity index (χ3v) is 4.74. The van der Waals surface area contributed by atoms with E-state index in [0.29, 0.717) is 51.6 Å². The van der Waals surface area contributed by atoms with Crippen molar-refractivity contribution in [1.29, 1.82) is 0 Å². The number of piperazine rings is 1. The molecule has 1 atom stereocenters. The van der Waals surface area contributed by atoms with Crippen LogP contribution in [0.3, 0.4) is 0 Å². The molecule has 1 saturated heterocycles. The highest BCUT2D eigenvalue weighted by Crippen LogP contribution is 2.37. The van der Waals surface area contributed by atoms with E-state index in [9.17, 15) is 18.3 Å². The standard InChI is InChI=1S/C18H26ClF3N2O2/c1-2-3-10-26-13-15(25)12-23-6-8-24(9-7-23)14-4-5-17(19)16(11-14)18(20,21)22/h4-5,11,15,25H,2-3,6-10,12-13H2,1H3. The summed E-state index contributed by atoms with van der Waals surface area (Å²) < 4.78 is 44.4. The summed E-state index contributed by atoms with van der Waals surface area (Å²) in [6.07, 6.45) is -2.98. The van der Waals surface area contributed by atoms with Gasteiger partial charge in [-0.05, 0) is 24.6 Å². The number of nitrogens with zero attached hydrogens (tertiary/aromatic N) is 2. The summed E-state index contributed by atoms with van der Waals surface area (Å²) in [5.74, 6) is 0. The summed E-state index contributed by atoms with van der Waals surface area (Å²) in [6.45, 7) is 6.11. The highest BCUT2D eigenvalue weighted by atomic mass is 35.5. The number of anilines is 1. The van der Waals surface area contributed by atoms with E-state index in [2.05, 4.69) is 11.8 Å². The normalized spacial score (nSPS) is 17.5. The van der Waals surface area contributed by atoms with Gasteiger partial charge in [0.2, 0.25) is 0 Å². The zero-order valence-corrected chi connectivity index (χ0v) is 15.7. The summed E-state index contributed by atoms with van der Waals surface area (Å²) in [5, 5.41) is 9.73. The maximum Gasteiger partial charge on any atom is 0.417 e. The minimum absolute atomic E-state index is 0.286. The van der Waals surface area contributed by atoms with E-state index >= 15 is 0 Å². The lowest BCUT2D eigenvalue weighted by Crippen LogP contribution is -2.49. The largest absolute Gasteiger partial charge is 0.417 e. The maximum absolute atomic E-state index is 13.0. The topological polar surface area (TPSA) is 35.9 Å². The van der Waals surface area contributed by atoms with Gasteiger partial charge in [0.15, 0.2) is 0 Å². The van der Waals surface area contributed by atoms with Gasteiger partial charge in [0.05, 0.1) is 23.3 Å². The highest BCUT2D eigenvalue weighted by molar-refractivity contribution is 6.31. The Morgan fingerprint density at radius 1 is 1.23 bits per heavy atom. The molecule has 0 saturated carbocycles. The van der Waals surface area contributed by atoms with Crippen LogP contribution in [0.15, 0.2) is 18.2 Å². The fraction of sp³-hybridized carbons (Fsp3) is 0.667. The number of hydrogen-bond donors (Lipinski definition) is 1. The first kappa shape index (κ1) is 21.3. The van der Waals surface area contributed by atoms with E-state index < -0.39 is 17.8 Å². The van der Waals surface area contributed by atoms with Crippen LogP contribution in [-0.4, -0.2) is 62.0 Å². The molecule has 1 aliphatic rings. The lowest BCUT2D eigenvalue weighted by atomic mass is 10.1. The number of halogens is 4. The van der Waals surface area contributed by atoms with Crippen molar-refractivity contribution in [3.63, 3.8) is 0 Å². The number of aliphatic hydroxyl groups excluding tert-OH is 1. The van der Waals surface area contributed by atoms with Gasteiger partial charge in [0, 0.05) is 45.0 Å². The van der Waals surface area contributed by atoms with Crippen LogP contribution < -0.4 is 4.90 Å². The van der Waals surface area contributed by atoms with E-state index in [1.807, 2.05) is 4.90 Å². The average molecular weight is 395 g/mol. The van der Waals surface area contributed by atoms with Crippen LogP contribution in [0.1, 0.15) is 25.3 Å². The lowest BCUT2D eigenvalue weighted by molar-refractivity contribution is -0.137. The van der Waals surface area contributed by atoms with E-state index in [1.165, 1.54) is 6.07 Å². The Balaban J connectivity index is 1.83. The smallest absolute Gasteiger partial charge is 0.389 e. The zero-order valence-electron chi connectivity index (χ0n) is 14.9. The minimum Gasteiger partial charge on any atom is -0.389 e. The van der Waals surface area contributed by atoms with Crippen LogP contribution in [0, 0.1) is 0 Å². The first-order valence-corrected chi connectivity index (χ1v) is 9.29. The predicted molar refractivity (Wildman–Crippen MR) is 96.8 cm³/mol. The molecule has 4 nitrogen and oxygen atoms in total. The molecule has 2 rings (SSSR count). The molecule has 1 heterocycles. The van der Waals surface area contributed by atoms with Gasteiger partial charge in [0.25, 0.3) is 0 Å². The summed E-state index contributed by atoms with van der Waals surface area (Å²) >= 11 is 5.68. The number of ether oxygens (including phenoxy) is 1. The molecule has 1 unspecified atom stereocenters. The second-order valence-corrected chi connectivity index (χ2v) is 6.94. The predicted octanol–water partition coefficient (Wildman–Crippen LogP) is 3.66. The Morgan fingerprint density at radius 3 is 2.54 bits per heavy atom. The molecule has 0 radical (unpaired) electrons. The Kier molecular flexibility index (Phi) is 8.01. The molecule has 1 aromatic rings. The molecule has 1 fully saturated rings. The van der Waals surface area contributed by atoms with Crippen LogP contribution in [0.2, 0.25) is 5.02 Å². The van der Waals surface area contributed by atoms with Gasteiger partial charge >= 0.3 is 6.18 Å². The average Bonchev–Trinajstić information content (AvgIpc) is 2.59. The number of aliphatic hydroxyl groups is 1. The van der Waals surface area contributed by atoms with Crippen molar-refractivity contribution in [3.8, 4) is 0 Å². The molecule has 0 amide bonds. The Bertz CT molecular complexity index is 564. The second kappa shape index (κ2) is 9.78. The van der Waals surface area contributed by atoms with Crippen molar-refractivity contribution in [3.05, 3.63) is 28.8 Å². The summed E-state index contributed by atoms with van der Waals surface area (Å²) in [5.41, 5.74) is -0.288. The fourth-order valence-electron chi connectivity index (χ4n) is 2.93. The molecular weight excluding hydrogens is 369 g/mol. The number of rotatable bonds is 8. The molecule has 26 heavy (non-hydrogen) atoms. The minimum atomic E-state index is -4.46. The third-order valence-electron chi connectivity index (χ3n) is 4.41. The van der Waals surface area contributed by atoms with Gasteiger partial charge in [-0.15, -0.1) is 0 Å². The van der Waals surface area contributed by atoms with E-state index in [0.717, 1.165) is 18.9 Å². The molecule has 0 aliphatic carbocycles. The van der Waals surface area contributed by atoms with Crippen molar-refractivity contribution in [1.82, 2.24) is 4.90 Å². The van der Waals surface area contributed by atoms with Crippen molar-refractivity contribution in [2.45, 2.75) is 32.0 Å². The molecule has 1 aliphatic heterocycles. The van der Waals surface area contributed by atoms with Crippen LogP contribution in [0.5, 0.6) is 0 Å². The Labute approximate surface area is 157 Å². The molecule has 0 spiro atoms.